The summed E-state index contributed by atoms with van der Waals surface area (Å²) in [6.45, 7) is 1.84. The van der Waals surface area contributed by atoms with Gasteiger partial charge in [0, 0.05) is 0 Å². The third-order valence-corrected chi connectivity index (χ3v) is 3.47. The monoisotopic (exact) mass is 242 g/mol. The van der Waals surface area contributed by atoms with Crippen LogP contribution >= 0.6 is 0 Å². The van der Waals surface area contributed by atoms with E-state index in [0.717, 1.165) is 32.1 Å². The molecule has 0 saturated heterocycles. The third-order valence-electron chi connectivity index (χ3n) is 3.47. The molecule has 0 aromatic carbocycles. The summed E-state index contributed by atoms with van der Waals surface area (Å²) in [4.78, 5) is 22.7. The van der Waals surface area contributed by atoms with Crippen molar-refractivity contribution < 1.29 is 14.7 Å². The fraction of sp³-hybridized carbons (Fsp3) is 0.833. The Hall–Kier alpha value is -1.10. The second kappa shape index (κ2) is 6.00. The molecule has 0 unspecified atom stereocenters. The van der Waals surface area contributed by atoms with Crippen LogP contribution in [0.15, 0.2) is 0 Å². The molecular formula is C12H22N2O3. The number of carbonyl (C=O) groups excluding carboxylic acids is 1. The minimum atomic E-state index is -0.864. The van der Waals surface area contributed by atoms with Gasteiger partial charge < -0.3 is 16.2 Å². The Morgan fingerprint density at radius 2 is 1.94 bits per heavy atom. The zero-order valence-corrected chi connectivity index (χ0v) is 10.4. The summed E-state index contributed by atoms with van der Waals surface area (Å²) in [7, 11) is 0. The third kappa shape index (κ3) is 4.00. The van der Waals surface area contributed by atoms with Crippen LogP contribution in [0.5, 0.6) is 0 Å². The van der Waals surface area contributed by atoms with E-state index >= 15 is 0 Å². The lowest BCUT2D eigenvalue weighted by Crippen LogP contribution is -2.55. The van der Waals surface area contributed by atoms with E-state index in [1.165, 1.54) is 0 Å². The van der Waals surface area contributed by atoms with E-state index in [1.54, 1.807) is 0 Å². The van der Waals surface area contributed by atoms with E-state index in [-0.39, 0.29) is 12.3 Å². The number of amides is 1. The van der Waals surface area contributed by atoms with Crippen LogP contribution in [0.4, 0.5) is 0 Å². The number of carboxylic acids is 1. The maximum atomic E-state index is 11.8. The lowest BCUT2D eigenvalue weighted by Gasteiger charge is -2.37. The Morgan fingerprint density at radius 3 is 2.41 bits per heavy atom. The second-order valence-electron chi connectivity index (χ2n) is 4.92. The smallest absolute Gasteiger partial charge is 0.305 e. The topological polar surface area (TPSA) is 92.4 Å². The Labute approximate surface area is 102 Å². The van der Waals surface area contributed by atoms with Crippen molar-refractivity contribution in [2.24, 2.45) is 5.73 Å². The summed E-state index contributed by atoms with van der Waals surface area (Å²) in [5.41, 5.74) is 5.09. The van der Waals surface area contributed by atoms with E-state index in [9.17, 15) is 9.59 Å². The molecule has 1 aliphatic rings. The number of rotatable bonds is 5. The molecule has 0 aromatic rings. The van der Waals surface area contributed by atoms with Crippen LogP contribution in [0.25, 0.3) is 0 Å². The molecule has 5 nitrogen and oxygen atoms in total. The molecule has 0 spiro atoms. The summed E-state index contributed by atoms with van der Waals surface area (Å²) < 4.78 is 0. The van der Waals surface area contributed by atoms with Gasteiger partial charge in [-0.2, -0.15) is 0 Å². The Bertz CT molecular complexity index is 285. The van der Waals surface area contributed by atoms with E-state index < -0.39 is 17.6 Å². The number of carboxylic acid groups (broad SMARTS) is 1. The number of nitrogens with one attached hydrogen (secondary N) is 1. The number of nitrogens with two attached hydrogens (primary N) is 1. The van der Waals surface area contributed by atoms with Crippen molar-refractivity contribution in [2.45, 2.75) is 63.5 Å². The molecule has 1 atom stereocenters. The minimum Gasteiger partial charge on any atom is -0.481 e. The predicted octanol–water partition coefficient (Wildman–Crippen LogP) is 1.02. The maximum Gasteiger partial charge on any atom is 0.305 e. The quantitative estimate of drug-likeness (QED) is 0.671. The lowest BCUT2D eigenvalue weighted by atomic mass is 9.79. The molecule has 17 heavy (non-hydrogen) atoms. The summed E-state index contributed by atoms with van der Waals surface area (Å²) in [5, 5.41) is 11.8. The van der Waals surface area contributed by atoms with Gasteiger partial charge in [-0.3, -0.25) is 9.59 Å². The average Bonchev–Trinajstić information content (AvgIpc) is 2.27. The van der Waals surface area contributed by atoms with Crippen molar-refractivity contribution in [3.63, 3.8) is 0 Å². The van der Waals surface area contributed by atoms with Crippen molar-refractivity contribution in [3.05, 3.63) is 0 Å². The molecule has 5 heteroatoms. The van der Waals surface area contributed by atoms with Crippen LogP contribution in [-0.4, -0.2) is 28.6 Å². The zero-order chi connectivity index (χ0) is 12.9. The summed E-state index contributed by atoms with van der Waals surface area (Å²) >= 11 is 0. The normalized spacial score (nSPS) is 20.6. The van der Waals surface area contributed by atoms with Crippen LogP contribution in [0.2, 0.25) is 0 Å². The summed E-state index contributed by atoms with van der Waals surface area (Å²) in [6, 6.07) is -0.539. The first kappa shape index (κ1) is 14.0. The Kier molecular flexibility index (Phi) is 4.93. The Balaban J connectivity index is 2.69. The van der Waals surface area contributed by atoms with Crippen LogP contribution in [0.1, 0.15) is 51.9 Å². The molecule has 0 bridgehead atoms. The molecule has 4 N–H and O–H groups in total. The van der Waals surface area contributed by atoms with Gasteiger partial charge in [0.05, 0.1) is 18.0 Å². The highest BCUT2D eigenvalue weighted by Crippen LogP contribution is 2.31. The molecule has 0 heterocycles. The van der Waals surface area contributed by atoms with Crippen molar-refractivity contribution in [1.29, 1.82) is 0 Å². The van der Waals surface area contributed by atoms with Gasteiger partial charge in [-0.15, -0.1) is 0 Å². The molecule has 1 amide bonds. The Morgan fingerprint density at radius 1 is 1.35 bits per heavy atom. The predicted molar refractivity (Wildman–Crippen MR) is 64.5 cm³/mol. The molecule has 1 aliphatic carbocycles. The lowest BCUT2D eigenvalue weighted by molar-refractivity contribution is -0.139. The molecule has 0 aromatic heterocycles. The van der Waals surface area contributed by atoms with Gasteiger partial charge in [0.1, 0.15) is 0 Å². The molecule has 0 radical (unpaired) electrons. The average molecular weight is 242 g/mol. The first-order valence-electron chi connectivity index (χ1n) is 6.28. The van der Waals surface area contributed by atoms with E-state index in [2.05, 4.69) is 5.32 Å². The van der Waals surface area contributed by atoms with Crippen LogP contribution < -0.4 is 11.1 Å². The van der Waals surface area contributed by atoms with Gasteiger partial charge in [0.15, 0.2) is 0 Å². The molecule has 1 saturated carbocycles. The molecule has 98 valence electrons. The molecule has 1 fully saturated rings. The summed E-state index contributed by atoms with van der Waals surface area (Å²) in [5.74, 6) is -1.09. The van der Waals surface area contributed by atoms with Crippen LogP contribution in [0.3, 0.4) is 0 Å². The first-order valence-corrected chi connectivity index (χ1v) is 6.28. The highest BCUT2D eigenvalue weighted by molar-refractivity contribution is 5.83. The van der Waals surface area contributed by atoms with E-state index in [4.69, 9.17) is 10.8 Å². The van der Waals surface area contributed by atoms with E-state index in [1.807, 2.05) is 6.92 Å². The highest BCUT2D eigenvalue weighted by Gasteiger charge is 2.36. The van der Waals surface area contributed by atoms with Crippen molar-refractivity contribution in [1.82, 2.24) is 5.32 Å². The zero-order valence-electron chi connectivity index (χ0n) is 10.4. The van der Waals surface area contributed by atoms with Crippen molar-refractivity contribution in [3.8, 4) is 0 Å². The van der Waals surface area contributed by atoms with Gasteiger partial charge in [-0.05, 0) is 19.3 Å². The fourth-order valence-corrected chi connectivity index (χ4v) is 2.40. The fourth-order valence-electron chi connectivity index (χ4n) is 2.40. The standard InChI is InChI=1S/C12H22N2O3/c1-2-9(13)11(17)14-12(8-10(15)16)6-4-3-5-7-12/h9H,2-8,13H2,1H3,(H,14,17)(H,15,16)/t9-/m0/s1. The molecule has 1 rings (SSSR count). The number of hydrogen-bond acceptors (Lipinski definition) is 3. The first-order chi connectivity index (χ1) is 7.99. The van der Waals surface area contributed by atoms with Gasteiger partial charge >= 0.3 is 5.97 Å². The largest absolute Gasteiger partial charge is 0.481 e. The number of hydrogen-bond donors (Lipinski definition) is 3. The van der Waals surface area contributed by atoms with Crippen molar-refractivity contribution in [2.75, 3.05) is 0 Å². The molecular weight excluding hydrogens is 220 g/mol. The molecule has 0 aliphatic heterocycles. The van der Waals surface area contributed by atoms with Gasteiger partial charge in [0.2, 0.25) is 5.91 Å². The van der Waals surface area contributed by atoms with Gasteiger partial charge in [-0.25, -0.2) is 0 Å². The maximum absolute atomic E-state index is 11.8. The number of aliphatic carboxylic acids is 1. The van der Waals surface area contributed by atoms with Crippen LogP contribution in [0, 0.1) is 0 Å². The number of carbonyl (C=O) groups is 2. The van der Waals surface area contributed by atoms with Crippen molar-refractivity contribution >= 4 is 11.9 Å². The van der Waals surface area contributed by atoms with Crippen LogP contribution in [-0.2, 0) is 9.59 Å². The van der Waals surface area contributed by atoms with Gasteiger partial charge in [0.25, 0.3) is 0 Å². The van der Waals surface area contributed by atoms with E-state index in [0.29, 0.717) is 6.42 Å². The highest BCUT2D eigenvalue weighted by atomic mass is 16.4. The minimum absolute atomic E-state index is 0.00479. The van der Waals surface area contributed by atoms with Gasteiger partial charge in [-0.1, -0.05) is 26.2 Å². The summed E-state index contributed by atoms with van der Waals surface area (Å²) in [6.07, 6.45) is 5.08. The second-order valence-corrected chi connectivity index (χ2v) is 4.92. The SMILES string of the molecule is CC[C@H](N)C(=O)NC1(CC(=O)O)CCCCC1.